The van der Waals surface area contributed by atoms with E-state index in [4.69, 9.17) is 16.9 Å². The number of carbonyl (C=O) groups is 1. The molecule has 0 aliphatic carbocycles. The van der Waals surface area contributed by atoms with Gasteiger partial charge in [0.05, 0.1) is 17.7 Å². The summed E-state index contributed by atoms with van der Waals surface area (Å²) in [5, 5.41) is 19.6. The number of carbonyl (C=O) groups excluding carboxylic acids is 1. The van der Waals surface area contributed by atoms with Crippen molar-refractivity contribution >= 4 is 17.5 Å². The van der Waals surface area contributed by atoms with E-state index in [0.717, 1.165) is 5.56 Å². The quantitative estimate of drug-likeness (QED) is 0.912. The lowest BCUT2D eigenvalue weighted by atomic mass is 10.0. The van der Waals surface area contributed by atoms with E-state index in [2.05, 4.69) is 11.0 Å². The fourth-order valence-electron chi connectivity index (χ4n) is 2.74. The van der Waals surface area contributed by atoms with Crippen molar-refractivity contribution in [1.82, 2.24) is 9.80 Å². The van der Waals surface area contributed by atoms with Gasteiger partial charge in [-0.2, -0.15) is 5.26 Å². The largest absolute Gasteiger partial charge is 0.391 e. The lowest BCUT2D eigenvalue weighted by Gasteiger charge is -2.17. The van der Waals surface area contributed by atoms with Crippen molar-refractivity contribution in [2.24, 2.45) is 5.92 Å². The molecule has 2 rings (SSSR count). The summed E-state index contributed by atoms with van der Waals surface area (Å²) in [6, 6.07) is 7.34. The number of hydrogen-bond acceptors (Lipinski definition) is 4. The molecule has 0 aromatic heterocycles. The van der Waals surface area contributed by atoms with E-state index in [9.17, 15) is 9.90 Å². The second-order valence-electron chi connectivity index (χ2n) is 5.97. The van der Waals surface area contributed by atoms with Crippen LogP contribution in [0.3, 0.4) is 0 Å². The molecule has 0 bridgehead atoms. The molecule has 0 saturated carbocycles. The maximum Gasteiger partial charge on any atom is 0.222 e. The number of β-amino-alcohol motifs (C(OH)–C–C–N with tert-alkyl or cyclic N) is 1. The third-order valence-corrected chi connectivity index (χ3v) is 4.13. The molecule has 0 spiro atoms. The van der Waals surface area contributed by atoms with Crippen molar-refractivity contribution in [1.29, 1.82) is 5.26 Å². The van der Waals surface area contributed by atoms with E-state index >= 15 is 0 Å². The van der Waals surface area contributed by atoms with Gasteiger partial charge < -0.3 is 10.0 Å². The molecule has 1 saturated heterocycles. The van der Waals surface area contributed by atoms with Crippen LogP contribution < -0.4 is 0 Å². The Bertz CT molecular complexity index is 598. The molecule has 2 atom stereocenters. The average Bonchev–Trinajstić information content (AvgIpc) is 2.77. The highest BCUT2D eigenvalue weighted by atomic mass is 35.5. The molecule has 0 unspecified atom stereocenters. The molecule has 1 amide bonds. The zero-order chi connectivity index (χ0) is 16.3. The first kappa shape index (κ1) is 16.8. The second kappa shape index (κ2) is 7.10. The topological polar surface area (TPSA) is 67.6 Å². The third kappa shape index (κ3) is 4.20. The van der Waals surface area contributed by atoms with E-state index in [1.165, 1.54) is 0 Å². The van der Waals surface area contributed by atoms with Crippen molar-refractivity contribution < 1.29 is 9.90 Å². The van der Waals surface area contributed by atoms with Crippen molar-refractivity contribution in [2.75, 3.05) is 27.2 Å². The molecule has 6 heteroatoms. The monoisotopic (exact) mass is 321 g/mol. The molecule has 118 valence electrons. The van der Waals surface area contributed by atoms with Gasteiger partial charge in [-0.1, -0.05) is 11.6 Å². The van der Waals surface area contributed by atoms with E-state index in [-0.39, 0.29) is 11.8 Å². The minimum atomic E-state index is -0.501. The summed E-state index contributed by atoms with van der Waals surface area (Å²) < 4.78 is 0. The van der Waals surface area contributed by atoms with Gasteiger partial charge in [-0.15, -0.1) is 0 Å². The Hall–Kier alpha value is -1.61. The van der Waals surface area contributed by atoms with E-state index < -0.39 is 6.10 Å². The number of benzene rings is 1. The highest BCUT2D eigenvalue weighted by Gasteiger charge is 2.33. The number of aliphatic hydroxyl groups is 1. The molecular weight excluding hydrogens is 302 g/mol. The molecule has 0 radical (unpaired) electrons. The number of nitrogens with zero attached hydrogens (tertiary/aromatic N) is 3. The van der Waals surface area contributed by atoms with E-state index in [1.54, 1.807) is 31.1 Å². The smallest absolute Gasteiger partial charge is 0.222 e. The van der Waals surface area contributed by atoms with Gasteiger partial charge >= 0.3 is 0 Å². The molecule has 1 fully saturated rings. The fourth-order valence-corrected chi connectivity index (χ4v) is 3.00. The van der Waals surface area contributed by atoms with Crippen LogP contribution in [0.25, 0.3) is 0 Å². The molecule has 1 N–H and O–H groups in total. The normalized spacial score (nSPS) is 21.6. The van der Waals surface area contributed by atoms with Crippen molar-refractivity contribution in [3.63, 3.8) is 0 Å². The first-order valence-electron chi connectivity index (χ1n) is 7.19. The van der Waals surface area contributed by atoms with Crippen molar-refractivity contribution in [2.45, 2.75) is 19.1 Å². The standard InChI is InChI=1S/C16H20ClN3O2/c1-19(2)16(22)6-13-9-20(10-15(13)21)8-12-3-11(7-18)4-14(17)5-12/h3-5,13,15,21H,6,8-10H2,1-2H3/t13-,15-/m1/s1. The number of likely N-dealkylation sites (tertiary alicyclic amines) is 1. The Morgan fingerprint density at radius 2 is 2.18 bits per heavy atom. The maximum atomic E-state index is 11.8. The number of rotatable bonds is 4. The van der Waals surface area contributed by atoms with Gasteiger partial charge in [0.25, 0.3) is 0 Å². The Labute approximate surface area is 135 Å². The fraction of sp³-hybridized carbons (Fsp3) is 0.500. The third-order valence-electron chi connectivity index (χ3n) is 3.91. The summed E-state index contributed by atoms with van der Waals surface area (Å²) in [5.41, 5.74) is 1.47. The molecule has 1 aromatic carbocycles. The molecule has 1 aromatic rings. The van der Waals surface area contributed by atoms with Gasteiger partial charge in [-0.05, 0) is 23.8 Å². The Kier molecular flexibility index (Phi) is 5.41. The number of halogens is 1. The zero-order valence-corrected chi connectivity index (χ0v) is 13.5. The van der Waals surface area contributed by atoms with Crippen LogP contribution in [0.4, 0.5) is 0 Å². The van der Waals surface area contributed by atoms with Crippen molar-refractivity contribution in [3.05, 3.63) is 34.3 Å². The van der Waals surface area contributed by atoms with Crippen LogP contribution in [0.1, 0.15) is 17.5 Å². The first-order chi connectivity index (χ1) is 10.4. The van der Waals surface area contributed by atoms with Crippen LogP contribution in [0, 0.1) is 17.2 Å². The Balaban J connectivity index is 1.99. The minimum absolute atomic E-state index is 0.0282. The van der Waals surface area contributed by atoms with Gasteiger partial charge in [0.2, 0.25) is 5.91 Å². The lowest BCUT2D eigenvalue weighted by molar-refractivity contribution is -0.130. The summed E-state index contributed by atoms with van der Waals surface area (Å²) in [7, 11) is 3.44. The van der Waals surface area contributed by atoms with Gasteiger partial charge in [0, 0.05) is 51.1 Å². The van der Waals surface area contributed by atoms with Crippen molar-refractivity contribution in [3.8, 4) is 6.07 Å². The van der Waals surface area contributed by atoms with Gasteiger partial charge in [0.1, 0.15) is 0 Å². The number of hydrogen-bond donors (Lipinski definition) is 1. The number of amides is 1. The summed E-state index contributed by atoms with van der Waals surface area (Å²) >= 11 is 6.01. The van der Waals surface area contributed by atoms with Crippen LogP contribution >= 0.6 is 11.6 Å². The highest BCUT2D eigenvalue weighted by Crippen LogP contribution is 2.24. The van der Waals surface area contributed by atoms with Crippen LogP contribution in [-0.2, 0) is 11.3 Å². The molecule has 22 heavy (non-hydrogen) atoms. The van der Waals surface area contributed by atoms with Gasteiger partial charge in [-0.3, -0.25) is 9.69 Å². The second-order valence-corrected chi connectivity index (χ2v) is 6.41. The van der Waals surface area contributed by atoms with Crippen LogP contribution in [0.2, 0.25) is 5.02 Å². The number of nitriles is 1. The Morgan fingerprint density at radius 1 is 1.45 bits per heavy atom. The molecule has 1 aliphatic rings. The zero-order valence-electron chi connectivity index (χ0n) is 12.8. The summed E-state index contributed by atoms with van der Waals surface area (Å²) in [5.74, 6) is -0.0232. The summed E-state index contributed by atoms with van der Waals surface area (Å²) in [4.78, 5) is 15.4. The van der Waals surface area contributed by atoms with Crippen LogP contribution in [-0.4, -0.2) is 54.1 Å². The summed E-state index contributed by atoms with van der Waals surface area (Å²) in [6.45, 7) is 1.80. The van der Waals surface area contributed by atoms with Gasteiger partial charge in [0.15, 0.2) is 0 Å². The predicted octanol–water partition coefficient (Wildman–Crippen LogP) is 1.48. The minimum Gasteiger partial charge on any atom is -0.391 e. The molecule has 5 nitrogen and oxygen atoms in total. The van der Waals surface area contributed by atoms with E-state index in [1.807, 2.05) is 6.07 Å². The SMILES string of the molecule is CN(C)C(=O)C[C@@H]1CN(Cc2cc(Cl)cc(C#N)c2)C[C@H]1O. The highest BCUT2D eigenvalue weighted by molar-refractivity contribution is 6.30. The number of aliphatic hydroxyl groups excluding tert-OH is 1. The van der Waals surface area contributed by atoms with Crippen LogP contribution in [0.15, 0.2) is 18.2 Å². The molecular formula is C16H20ClN3O2. The Morgan fingerprint density at radius 3 is 2.82 bits per heavy atom. The predicted molar refractivity (Wildman–Crippen MR) is 84.3 cm³/mol. The maximum absolute atomic E-state index is 11.8. The molecule has 1 aliphatic heterocycles. The van der Waals surface area contributed by atoms with Gasteiger partial charge in [-0.25, -0.2) is 0 Å². The lowest BCUT2D eigenvalue weighted by Crippen LogP contribution is -2.28. The van der Waals surface area contributed by atoms with Crippen LogP contribution in [0.5, 0.6) is 0 Å². The molecule has 1 heterocycles. The summed E-state index contributed by atoms with van der Waals surface area (Å²) in [6.07, 6.45) is -0.151. The first-order valence-corrected chi connectivity index (χ1v) is 7.57. The average molecular weight is 322 g/mol. The van der Waals surface area contributed by atoms with E-state index in [0.29, 0.717) is 36.6 Å².